The minimum absolute atomic E-state index is 0.304. The van der Waals surface area contributed by atoms with Crippen molar-refractivity contribution in [1.29, 1.82) is 5.26 Å². The van der Waals surface area contributed by atoms with Gasteiger partial charge in [0, 0.05) is 26.6 Å². The first-order valence-corrected chi connectivity index (χ1v) is 4.95. The first-order chi connectivity index (χ1) is 7.93. The predicted octanol–water partition coefficient (Wildman–Crippen LogP) is 0.649. The second-order valence-corrected chi connectivity index (χ2v) is 3.51. The number of alkyl halides is 3. The molecular weight excluding hydrogens is 235 g/mol. The fourth-order valence-electron chi connectivity index (χ4n) is 1.18. The summed E-state index contributed by atoms with van der Waals surface area (Å²) in [6.07, 6.45) is -2.54. The number of hydrogen-bond acceptors (Lipinski definition) is 4. The highest BCUT2D eigenvalue weighted by Gasteiger charge is 2.39. The predicted molar refractivity (Wildman–Crippen MR) is 52.7 cm³/mol. The summed E-state index contributed by atoms with van der Waals surface area (Å²) in [5, 5.41) is 14.9. The summed E-state index contributed by atoms with van der Waals surface area (Å²) >= 11 is 0. The van der Waals surface area contributed by atoms with E-state index in [1.54, 1.807) is 7.05 Å². The molecule has 0 fully saturated rings. The third-order valence-corrected chi connectivity index (χ3v) is 2.07. The summed E-state index contributed by atoms with van der Waals surface area (Å²) in [4.78, 5) is 3.93. The van der Waals surface area contributed by atoms with Crippen molar-refractivity contribution in [1.82, 2.24) is 20.1 Å². The lowest BCUT2D eigenvalue weighted by atomic mass is 10.1. The molecule has 0 aliphatic carbocycles. The van der Waals surface area contributed by atoms with Crippen LogP contribution in [0, 0.1) is 17.2 Å². The summed E-state index contributed by atoms with van der Waals surface area (Å²) < 4.78 is 38.1. The van der Waals surface area contributed by atoms with Crippen LogP contribution < -0.4 is 5.32 Å². The molecule has 1 aromatic rings. The van der Waals surface area contributed by atoms with E-state index in [0.717, 1.165) is 0 Å². The first-order valence-electron chi connectivity index (χ1n) is 4.95. The topological polar surface area (TPSA) is 66.5 Å². The maximum atomic E-state index is 12.2. The highest BCUT2D eigenvalue weighted by atomic mass is 19.4. The lowest BCUT2D eigenvalue weighted by Crippen LogP contribution is -2.33. The molecule has 0 saturated heterocycles. The molecule has 5 nitrogen and oxygen atoms in total. The maximum Gasteiger partial charge on any atom is 0.405 e. The van der Waals surface area contributed by atoms with E-state index in [1.165, 1.54) is 17.1 Å². The zero-order valence-electron chi connectivity index (χ0n) is 9.20. The zero-order valence-corrected chi connectivity index (χ0v) is 9.20. The van der Waals surface area contributed by atoms with Crippen LogP contribution in [0.15, 0.2) is 6.33 Å². The standard InChI is InChI=1S/C9H12F3N5/c1-17-6-15-8(16-17)2-3-14-5-7(4-13)9(10,11)12/h6-7,14H,2-3,5H2,1H3. The zero-order chi connectivity index (χ0) is 12.9. The second-order valence-electron chi connectivity index (χ2n) is 3.51. The number of nitrogens with one attached hydrogen (secondary N) is 1. The fourth-order valence-corrected chi connectivity index (χ4v) is 1.18. The van der Waals surface area contributed by atoms with Gasteiger partial charge in [-0.05, 0) is 0 Å². The van der Waals surface area contributed by atoms with E-state index in [-0.39, 0.29) is 0 Å². The van der Waals surface area contributed by atoms with Gasteiger partial charge in [-0.1, -0.05) is 0 Å². The number of nitriles is 1. The Balaban J connectivity index is 2.26. The van der Waals surface area contributed by atoms with E-state index in [1.807, 2.05) is 0 Å². The van der Waals surface area contributed by atoms with Crippen molar-refractivity contribution in [2.45, 2.75) is 12.6 Å². The molecule has 17 heavy (non-hydrogen) atoms. The Morgan fingerprint density at radius 2 is 2.29 bits per heavy atom. The number of aromatic nitrogens is 3. The van der Waals surface area contributed by atoms with Crippen LogP contribution in [0.1, 0.15) is 5.82 Å². The molecule has 94 valence electrons. The normalized spacial score (nSPS) is 13.4. The maximum absolute atomic E-state index is 12.2. The minimum atomic E-state index is -4.48. The Labute approximate surface area is 96.3 Å². The molecular formula is C9H12F3N5. The van der Waals surface area contributed by atoms with E-state index in [4.69, 9.17) is 5.26 Å². The van der Waals surface area contributed by atoms with Crippen LogP contribution in [-0.4, -0.2) is 34.0 Å². The molecule has 0 aliphatic rings. The Bertz CT molecular complexity index is 392. The van der Waals surface area contributed by atoms with Gasteiger partial charge in [0.2, 0.25) is 0 Å². The van der Waals surface area contributed by atoms with E-state index < -0.39 is 18.6 Å². The third-order valence-electron chi connectivity index (χ3n) is 2.07. The average molecular weight is 247 g/mol. The molecule has 8 heteroatoms. The van der Waals surface area contributed by atoms with E-state index >= 15 is 0 Å². The Hall–Kier alpha value is -1.62. The number of hydrogen-bond donors (Lipinski definition) is 1. The van der Waals surface area contributed by atoms with Crippen LogP contribution in [0.3, 0.4) is 0 Å². The first kappa shape index (κ1) is 13.4. The van der Waals surface area contributed by atoms with Gasteiger partial charge in [-0.2, -0.15) is 23.5 Å². The van der Waals surface area contributed by atoms with Gasteiger partial charge in [-0.15, -0.1) is 0 Å². The molecule has 0 saturated carbocycles. The molecule has 0 aromatic carbocycles. The van der Waals surface area contributed by atoms with Crippen LogP contribution >= 0.6 is 0 Å². The highest BCUT2D eigenvalue weighted by Crippen LogP contribution is 2.24. The van der Waals surface area contributed by atoms with Crippen molar-refractivity contribution in [3.05, 3.63) is 12.2 Å². The fraction of sp³-hybridized carbons (Fsp3) is 0.667. The minimum Gasteiger partial charge on any atom is -0.315 e. The molecule has 0 spiro atoms. The van der Waals surface area contributed by atoms with Gasteiger partial charge in [0.1, 0.15) is 6.33 Å². The van der Waals surface area contributed by atoms with E-state index in [9.17, 15) is 13.2 Å². The van der Waals surface area contributed by atoms with Crippen molar-refractivity contribution >= 4 is 0 Å². The Kier molecular flexibility index (Phi) is 4.45. The van der Waals surface area contributed by atoms with Gasteiger partial charge >= 0.3 is 6.18 Å². The van der Waals surface area contributed by atoms with Gasteiger partial charge in [-0.25, -0.2) is 4.98 Å². The van der Waals surface area contributed by atoms with Crippen LogP contribution in [0.4, 0.5) is 13.2 Å². The van der Waals surface area contributed by atoms with Gasteiger partial charge in [-0.3, -0.25) is 4.68 Å². The quantitative estimate of drug-likeness (QED) is 0.776. The van der Waals surface area contributed by atoms with Gasteiger partial charge < -0.3 is 5.32 Å². The largest absolute Gasteiger partial charge is 0.405 e. The van der Waals surface area contributed by atoms with Gasteiger partial charge in [0.15, 0.2) is 11.7 Å². The summed E-state index contributed by atoms with van der Waals surface area (Å²) in [7, 11) is 1.71. The molecule has 0 radical (unpaired) electrons. The lowest BCUT2D eigenvalue weighted by Gasteiger charge is -2.13. The summed E-state index contributed by atoms with van der Waals surface area (Å²) in [5.74, 6) is -1.42. The SMILES string of the molecule is Cn1cnc(CCNCC(C#N)C(F)(F)F)n1. The molecule has 1 heterocycles. The monoisotopic (exact) mass is 247 g/mol. The second kappa shape index (κ2) is 5.63. The highest BCUT2D eigenvalue weighted by molar-refractivity contribution is 4.90. The summed E-state index contributed by atoms with van der Waals surface area (Å²) in [6.45, 7) is -0.106. The van der Waals surface area contributed by atoms with Crippen molar-refractivity contribution < 1.29 is 13.2 Å². The molecule has 1 N–H and O–H groups in total. The number of aryl methyl sites for hydroxylation is 1. The van der Waals surface area contributed by atoms with Gasteiger partial charge in [0.25, 0.3) is 0 Å². The van der Waals surface area contributed by atoms with Crippen molar-refractivity contribution in [2.24, 2.45) is 13.0 Å². The van der Waals surface area contributed by atoms with Crippen LogP contribution in [-0.2, 0) is 13.5 Å². The van der Waals surface area contributed by atoms with E-state index in [0.29, 0.717) is 18.8 Å². The van der Waals surface area contributed by atoms with Crippen molar-refractivity contribution in [2.75, 3.05) is 13.1 Å². The number of rotatable bonds is 5. The molecule has 0 aliphatic heterocycles. The smallest absolute Gasteiger partial charge is 0.315 e. The number of nitrogens with zero attached hydrogens (tertiary/aromatic N) is 4. The molecule has 0 amide bonds. The summed E-state index contributed by atoms with van der Waals surface area (Å²) in [5.41, 5.74) is 0. The van der Waals surface area contributed by atoms with Crippen molar-refractivity contribution in [3.8, 4) is 6.07 Å². The van der Waals surface area contributed by atoms with Crippen LogP contribution in [0.5, 0.6) is 0 Å². The van der Waals surface area contributed by atoms with Gasteiger partial charge in [0.05, 0.1) is 6.07 Å². The Morgan fingerprint density at radius 1 is 1.59 bits per heavy atom. The van der Waals surface area contributed by atoms with Crippen molar-refractivity contribution in [3.63, 3.8) is 0 Å². The molecule has 1 atom stereocenters. The molecule has 1 rings (SSSR count). The lowest BCUT2D eigenvalue weighted by molar-refractivity contribution is -0.157. The summed E-state index contributed by atoms with van der Waals surface area (Å²) in [6, 6.07) is 1.22. The molecule has 1 unspecified atom stereocenters. The van der Waals surface area contributed by atoms with Crippen LogP contribution in [0.25, 0.3) is 0 Å². The Morgan fingerprint density at radius 3 is 2.76 bits per heavy atom. The average Bonchev–Trinajstić information content (AvgIpc) is 2.62. The number of halogens is 3. The molecule has 1 aromatic heterocycles. The third kappa shape index (κ3) is 4.40. The van der Waals surface area contributed by atoms with Crippen LogP contribution in [0.2, 0.25) is 0 Å². The molecule has 0 bridgehead atoms. The van der Waals surface area contributed by atoms with E-state index in [2.05, 4.69) is 15.4 Å².